The van der Waals surface area contributed by atoms with Crippen LogP contribution in [0.2, 0.25) is 5.02 Å². The zero-order valence-electron chi connectivity index (χ0n) is 8.70. The van der Waals surface area contributed by atoms with Gasteiger partial charge in [-0.25, -0.2) is 14.1 Å². The second-order valence-corrected chi connectivity index (χ2v) is 3.67. The van der Waals surface area contributed by atoms with E-state index >= 15 is 0 Å². The van der Waals surface area contributed by atoms with Crippen LogP contribution >= 0.6 is 11.6 Å². The molecule has 0 saturated heterocycles. The zero-order chi connectivity index (χ0) is 11.9. The van der Waals surface area contributed by atoms with E-state index in [9.17, 15) is 4.39 Å². The molecule has 5 nitrogen and oxygen atoms in total. The van der Waals surface area contributed by atoms with Gasteiger partial charge < -0.3 is 5.73 Å². The molecular formula is C9H9ClFN5. The highest BCUT2D eigenvalue weighted by Gasteiger charge is 2.15. The Morgan fingerprint density at radius 2 is 2.12 bits per heavy atom. The number of halogens is 2. The zero-order valence-corrected chi connectivity index (χ0v) is 9.46. The van der Waals surface area contributed by atoms with Crippen molar-refractivity contribution in [2.24, 2.45) is 0 Å². The van der Waals surface area contributed by atoms with Crippen LogP contribution in [-0.4, -0.2) is 19.7 Å². The third-order valence-electron chi connectivity index (χ3n) is 2.15. The lowest BCUT2D eigenvalue weighted by Crippen LogP contribution is -2.08. The van der Waals surface area contributed by atoms with Crippen molar-refractivity contribution in [3.63, 3.8) is 0 Å². The van der Waals surface area contributed by atoms with E-state index in [1.165, 1.54) is 4.68 Å². The predicted molar refractivity (Wildman–Crippen MR) is 58.0 cm³/mol. The van der Waals surface area contributed by atoms with Gasteiger partial charge in [0.05, 0.1) is 22.6 Å². The number of nitrogen functional groups attached to an aromatic ring is 1. The van der Waals surface area contributed by atoms with E-state index in [0.717, 1.165) is 6.20 Å². The lowest BCUT2D eigenvalue weighted by Gasteiger charge is -2.04. The first-order valence-electron chi connectivity index (χ1n) is 4.51. The highest BCUT2D eigenvalue weighted by atomic mass is 35.5. The summed E-state index contributed by atoms with van der Waals surface area (Å²) < 4.78 is 14.8. The van der Waals surface area contributed by atoms with Crippen molar-refractivity contribution >= 4 is 17.5 Å². The Morgan fingerprint density at radius 1 is 1.44 bits per heavy atom. The third kappa shape index (κ3) is 1.61. The summed E-state index contributed by atoms with van der Waals surface area (Å²) in [5.74, 6) is -0.614. The minimum atomic E-state index is -0.600. The molecule has 2 N–H and O–H groups in total. The van der Waals surface area contributed by atoms with Crippen LogP contribution in [0.25, 0.3) is 5.82 Å². The van der Waals surface area contributed by atoms with E-state index in [0.29, 0.717) is 16.4 Å². The van der Waals surface area contributed by atoms with Gasteiger partial charge in [-0.2, -0.15) is 10.1 Å². The average Bonchev–Trinajstić information content (AvgIpc) is 2.50. The molecule has 0 aliphatic rings. The van der Waals surface area contributed by atoms with E-state index in [2.05, 4.69) is 15.1 Å². The third-order valence-corrected chi connectivity index (χ3v) is 2.69. The van der Waals surface area contributed by atoms with Crippen molar-refractivity contribution < 1.29 is 4.39 Å². The fraction of sp³-hybridized carbons (Fsp3) is 0.222. The van der Waals surface area contributed by atoms with Gasteiger partial charge in [-0.1, -0.05) is 11.6 Å². The van der Waals surface area contributed by atoms with Gasteiger partial charge >= 0.3 is 0 Å². The van der Waals surface area contributed by atoms with Crippen molar-refractivity contribution in [3.8, 4) is 5.82 Å². The first-order valence-corrected chi connectivity index (χ1v) is 4.88. The van der Waals surface area contributed by atoms with Crippen LogP contribution < -0.4 is 5.73 Å². The molecule has 0 unspecified atom stereocenters. The molecular weight excluding hydrogens is 233 g/mol. The monoisotopic (exact) mass is 241 g/mol. The molecule has 84 valence electrons. The van der Waals surface area contributed by atoms with Crippen LogP contribution in [0.15, 0.2) is 6.20 Å². The molecule has 0 fully saturated rings. The summed E-state index contributed by atoms with van der Waals surface area (Å²) in [6.07, 6.45) is 1.00. The predicted octanol–water partition coefficient (Wildman–Crippen LogP) is 1.65. The number of anilines is 1. The first kappa shape index (κ1) is 10.8. The Morgan fingerprint density at radius 3 is 2.69 bits per heavy atom. The van der Waals surface area contributed by atoms with Crippen molar-refractivity contribution in [2.75, 3.05) is 5.73 Å². The quantitative estimate of drug-likeness (QED) is 0.824. The lowest BCUT2D eigenvalue weighted by atomic mass is 10.4. The molecule has 0 bridgehead atoms. The number of nitrogens with zero attached hydrogens (tertiary/aromatic N) is 4. The van der Waals surface area contributed by atoms with Crippen LogP contribution in [-0.2, 0) is 0 Å². The van der Waals surface area contributed by atoms with Crippen molar-refractivity contribution in [2.45, 2.75) is 13.8 Å². The van der Waals surface area contributed by atoms with E-state index in [1.54, 1.807) is 13.8 Å². The highest BCUT2D eigenvalue weighted by Crippen LogP contribution is 2.22. The van der Waals surface area contributed by atoms with Crippen LogP contribution in [0.5, 0.6) is 0 Å². The summed E-state index contributed by atoms with van der Waals surface area (Å²) >= 11 is 5.96. The maximum Gasteiger partial charge on any atom is 0.222 e. The van der Waals surface area contributed by atoms with Gasteiger partial charge in [0.2, 0.25) is 5.95 Å². The Labute approximate surface area is 96.1 Å². The standard InChI is InChI=1S/C9H9ClFN5/c1-4-7(10)5(2)16(15-4)8-6(11)3-13-9(12)14-8/h3H,1-2H3,(H2,12,13,14). The molecule has 0 radical (unpaired) electrons. The van der Waals surface area contributed by atoms with Crippen LogP contribution in [0.1, 0.15) is 11.4 Å². The van der Waals surface area contributed by atoms with Gasteiger partial charge in [0.25, 0.3) is 0 Å². The van der Waals surface area contributed by atoms with E-state index in [-0.39, 0.29) is 11.8 Å². The highest BCUT2D eigenvalue weighted by molar-refractivity contribution is 6.31. The Kier molecular flexibility index (Phi) is 2.51. The molecule has 0 amide bonds. The molecule has 2 aromatic heterocycles. The van der Waals surface area contributed by atoms with Crippen LogP contribution in [0.4, 0.5) is 10.3 Å². The largest absolute Gasteiger partial charge is 0.368 e. The van der Waals surface area contributed by atoms with Gasteiger partial charge in [-0.05, 0) is 13.8 Å². The van der Waals surface area contributed by atoms with Gasteiger partial charge in [0.1, 0.15) is 0 Å². The molecule has 16 heavy (non-hydrogen) atoms. The van der Waals surface area contributed by atoms with Crippen LogP contribution in [0, 0.1) is 19.7 Å². The molecule has 0 aliphatic carbocycles. The smallest absolute Gasteiger partial charge is 0.222 e. The van der Waals surface area contributed by atoms with E-state index < -0.39 is 5.82 Å². The van der Waals surface area contributed by atoms with Crippen LogP contribution in [0.3, 0.4) is 0 Å². The molecule has 2 aromatic rings. The topological polar surface area (TPSA) is 69.6 Å². The second kappa shape index (κ2) is 3.71. The van der Waals surface area contributed by atoms with E-state index in [1.807, 2.05) is 0 Å². The summed E-state index contributed by atoms with van der Waals surface area (Å²) in [5, 5.41) is 4.56. The number of hydrogen-bond acceptors (Lipinski definition) is 4. The second-order valence-electron chi connectivity index (χ2n) is 3.30. The fourth-order valence-electron chi connectivity index (χ4n) is 1.35. The normalized spacial score (nSPS) is 10.8. The summed E-state index contributed by atoms with van der Waals surface area (Å²) in [6.45, 7) is 3.45. The summed E-state index contributed by atoms with van der Waals surface area (Å²) in [4.78, 5) is 7.33. The first-order chi connectivity index (χ1) is 7.50. The number of hydrogen-bond donors (Lipinski definition) is 1. The number of rotatable bonds is 1. The Hall–Kier alpha value is -1.69. The molecule has 0 spiro atoms. The van der Waals surface area contributed by atoms with Gasteiger partial charge in [0.15, 0.2) is 11.6 Å². The maximum absolute atomic E-state index is 13.5. The number of aryl methyl sites for hydroxylation is 1. The number of aromatic nitrogens is 4. The molecule has 2 rings (SSSR count). The molecule has 0 saturated carbocycles. The Bertz CT molecular complexity index is 551. The molecule has 7 heteroatoms. The van der Waals surface area contributed by atoms with Crippen molar-refractivity contribution in [1.29, 1.82) is 0 Å². The molecule has 0 aromatic carbocycles. The van der Waals surface area contributed by atoms with Gasteiger partial charge in [-0.3, -0.25) is 0 Å². The average molecular weight is 242 g/mol. The summed E-state index contributed by atoms with van der Waals surface area (Å²) in [6, 6.07) is 0. The fourth-order valence-corrected chi connectivity index (χ4v) is 1.47. The molecule has 2 heterocycles. The summed E-state index contributed by atoms with van der Waals surface area (Å²) in [5.41, 5.74) is 6.61. The van der Waals surface area contributed by atoms with Gasteiger partial charge in [0, 0.05) is 0 Å². The molecule has 0 aliphatic heterocycles. The number of nitrogens with two attached hydrogens (primary N) is 1. The maximum atomic E-state index is 13.5. The SMILES string of the molecule is Cc1nn(-c2nc(N)ncc2F)c(C)c1Cl. The van der Waals surface area contributed by atoms with Crippen molar-refractivity contribution in [3.05, 3.63) is 28.4 Å². The molecule has 0 atom stereocenters. The van der Waals surface area contributed by atoms with E-state index in [4.69, 9.17) is 17.3 Å². The van der Waals surface area contributed by atoms with Gasteiger partial charge in [-0.15, -0.1) is 0 Å². The Balaban J connectivity index is 2.67. The lowest BCUT2D eigenvalue weighted by molar-refractivity contribution is 0.591. The summed E-state index contributed by atoms with van der Waals surface area (Å²) in [7, 11) is 0. The minimum absolute atomic E-state index is 0.000000000000000222. The van der Waals surface area contributed by atoms with Crippen molar-refractivity contribution in [1.82, 2.24) is 19.7 Å². The minimum Gasteiger partial charge on any atom is -0.368 e.